The van der Waals surface area contributed by atoms with Crippen molar-refractivity contribution in [1.29, 1.82) is 0 Å². The van der Waals surface area contributed by atoms with Crippen LogP contribution in [-0.4, -0.2) is 44.7 Å². The maximum atomic E-state index is 12.0. The summed E-state index contributed by atoms with van der Waals surface area (Å²) < 4.78 is 26.3. The lowest BCUT2D eigenvalue weighted by atomic mass is 10.2. The molecule has 1 aromatic carbocycles. The number of carbonyl (C=O) groups is 2. The second kappa shape index (κ2) is 7.00. The molecule has 1 aromatic rings. The molecule has 0 spiro atoms. The average molecular weight is 352 g/mol. The number of amides is 2. The zero-order chi connectivity index (χ0) is 17.9. The number of rotatable bonds is 5. The van der Waals surface area contributed by atoms with E-state index in [0.717, 1.165) is 0 Å². The quantitative estimate of drug-likeness (QED) is 0.678. The minimum absolute atomic E-state index is 0.0172. The van der Waals surface area contributed by atoms with E-state index in [4.69, 9.17) is 0 Å². The molecule has 9 heteroatoms. The average Bonchev–Trinajstić information content (AvgIpc) is 2.75. The van der Waals surface area contributed by atoms with Crippen LogP contribution in [0.4, 0.5) is 0 Å². The van der Waals surface area contributed by atoms with Crippen molar-refractivity contribution in [2.24, 2.45) is 4.99 Å². The molecule has 0 fully saturated rings. The third-order valence-electron chi connectivity index (χ3n) is 3.24. The number of hydrogen-bond donors (Lipinski definition) is 3. The van der Waals surface area contributed by atoms with E-state index < -0.39 is 22.0 Å². The van der Waals surface area contributed by atoms with Crippen LogP contribution < -0.4 is 15.4 Å². The molecule has 24 heavy (non-hydrogen) atoms. The number of amidine groups is 1. The monoisotopic (exact) mass is 352 g/mol. The van der Waals surface area contributed by atoms with Crippen molar-refractivity contribution in [3.63, 3.8) is 0 Å². The Labute approximate surface area is 140 Å². The molecule has 1 atom stereocenters. The molecule has 0 saturated heterocycles. The third-order valence-corrected chi connectivity index (χ3v) is 4.63. The maximum absolute atomic E-state index is 12.0. The smallest absolute Gasteiger partial charge is 0.263 e. The Hall–Kier alpha value is -2.42. The van der Waals surface area contributed by atoms with E-state index >= 15 is 0 Å². The summed E-state index contributed by atoms with van der Waals surface area (Å²) in [5, 5.41) is 5.12. The van der Waals surface area contributed by atoms with E-state index in [1.165, 1.54) is 13.0 Å². The minimum Gasteiger partial charge on any atom is -0.352 e. The van der Waals surface area contributed by atoms with Crippen molar-refractivity contribution in [3.05, 3.63) is 29.8 Å². The Bertz CT molecular complexity index is 786. The highest BCUT2D eigenvalue weighted by Crippen LogP contribution is 2.22. The van der Waals surface area contributed by atoms with Crippen LogP contribution in [0.25, 0.3) is 0 Å². The molecular weight excluding hydrogens is 332 g/mol. The van der Waals surface area contributed by atoms with E-state index in [0.29, 0.717) is 5.56 Å². The normalized spacial score (nSPS) is 17.9. The van der Waals surface area contributed by atoms with E-state index in [1.54, 1.807) is 18.2 Å². The zero-order valence-electron chi connectivity index (χ0n) is 13.7. The number of aliphatic imine (C=N–C) groups is 1. The minimum atomic E-state index is -3.64. The molecule has 130 valence electrons. The summed E-state index contributed by atoms with van der Waals surface area (Å²) in [6.07, 6.45) is 0. The second-order valence-electron chi connectivity index (χ2n) is 5.70. The topological polar surface area (TPSA) is 117 Å². The van der Waals surface area contributed by atoms with Crippen molar-refractivity contribution in [1.82, 2.24) is 15.4 Å². The summed E-state index contributed by atoms with van der Waals surface area (Å²) in [6, 6.07) is 5.54. The van der Waals surface area contributed by atoms with Gasteiger partial charge < -0.3 is 10.6 Å². The highest BCUT2D eigenvalue weighted by molar-refractivity contribution is 7.90. The number of hydrogen-bond acceptors (Lipinski definition) is 5. The number of fused-ring (bicyclic) bond motifs is 1. The van der Waals surface area contributed by atoms with Crippen molar-refractivity contribution < 1.29 is 18.0 Å². The molecule has 1 aliphatic rings. The van der Waals surface area contributed by atoms with Crippen LogP contribution >= 0.6 is 0 Å². The Balaban J connectivity index is 2.06. The summed E-state index contributed by atoms with van der Waals surface area (Å²) in [5.74, 6) is -0.644. The highest BCUT2D eigenvalue weighted by Gasteiger charge is 2.31. The van der Waals surface area contributed by atoms with Gasteiger partial charge >= 0.3 is 0 Å². The number of sulfonamides is 1. The van der Waals surface area contributed by atoms with Gasteiger partial charge in [-0.05, 0) is 32.9 Å². The number of nitrogens with zero attached hydrogens (tertiary/aromatic N) is 1. The fourth-order valence-corrected chi connectivity index (χ4v) is 3.41. The number of nitrogens with one attached hydrogen (secondary N) is 3. The SMILES string of the molecule is CC(C)NC(=O)CNC(=O)[C@H](C)N=C1NS(=O)(=O)c2ccccc21. The fourth-order valence-electron chi connectivity index (χ4n) is 2.17. The van der Waals surface area contributed by atoms with Crippen LogP contribution in [0.2, 0.25) is 0 Å². The van der Waals surface area contributed by atoms with Gasteiger partial charge in [-0.25, -0.2) is 8.42 Å². The summed E-state index contributed by atoms with van der Waals surface area (Å²) in [6.45, 7) is 5.00. The van der Waals surface area contributed by atoms with Crippen molar-refractivity contribution in [2.45, 2.75) is 37.8 Å². The third kappa shape index (κ3) is 4.10. The molecule has 1 aliphatic heterocycles. The predicted octanol–water partition coefficient (Wildman–Crippen LogP) is -0.246. The van der Waals surface area contributed by atoms with E-state index in [2.05, 4.69) is 20.3 Å². The Kier molecular flexibility index (Phi) is 5.23. The molecular formula is C15H20N4O4S. The van der Waals surface area contributed by atoms with Crippen molar-refractivity contribution in [2.75, 3.05) is 6.54 Å². The lowest BCUT2D eigenvalue weighted by molar-refractivity contribution is -0.126. The molecule has 0 bridgehead atoms. The molecule has 1 heterocycles. The summed E-state index contributed by atoms with van der Waals surface area (Å²) in [4.78, 5) is 27.8. The van der Waals surface area contributed by atoms with Crippen LogP contribution in [0.3, 0.4) is 0 Å². The van der Waals surface area contributed by atoms with Gasteiger partial charge in [0.25, 0.3) is 10.0 Å². The van der Waals surface area contributed by atoms with Crippen LogP contribution in [0.5, 0.6) is 0 Å². The molecule has 0 unspecified atom stereocenters. The zero-order valence-corrected chi connectivity index (χ0v) is 14.5. The van der Waals surface area contributed by atoms with Crippen LogP contribution in [0.1, 0.15) is 26.3 Å². The first-order valence-electron chi connectivity index (χ1n) is 7.48. The summed E-state index contributed by atoms with van der Waals surface area (Å²) in [7, 11) is -3.64. The molecule has 0 aliphatic carbocycles. The van der Waals surface area contributed by atoms with Crippen LogP contribution in [0, 0.1) is 0 Å². The largest absolute Gasteiger partial charge is 0.352 e. The van der Waals surface area contributed by atoms with Crippen molar-refractivity contribution in [3.8, 4) is 0 Å². The molecule has 3 N–H and O–H groups in total. The maximum Gasteiger partial charge on any atom is 0.263 e. The number of carbonyl (C=O) groups excluding carboxylic acids is 2. The van der Waals surface area contributed by atoms with Gasteiger partial charge in [0.05, 0.1) is 11.4 Å². The van der Waals surface area contributed by atoms with Gasteiger partial charge in [0.1, 0.15) is 11.9 Å². The predicted molar refractivity (Wildman–Crippen MR) is 89.1 cm³/mol. The van der Waals surface area contributed by atoms with Gasteiger partial charge in [-0.15, -0.1) is 0 Å². The molecule has 0 saturated carbocycles. The molecule has 0 aromatic heterocycles. The second-order valence-corrected chi connectivity index (χ2v) is 7.35. The Morgan fingerprint density at radius 2 is 1.88 bits per heavy atom. The Morgan fingerprint density at radius 3 is 2.54 bits per heavy atom. The van der Waals surface area contributed by atoms with E-state index in [1.807, 2.05) is 13.8 Å². The van der Waals surface area contributed by atoms with Gasteiger partial charge in [0, 0.05) is 11.6 Å². The van der Waals surface area contributed by atoms with Crippen molar-refractivity contribution >= 4 is 27.7 Å². The first-order valence-corrected chi connectivity index (χ1v) is 8.96. The van der Waals surface area contributed by atoms with E-state index in [-0.39, 0.29) is 29.2 Å². The Morgan fingerprint density at radius 1 is 1.21 bits per heavy atom. The lowest BCUT2D eigenvalue weighted by Gasteiger charge is -2.11. The summed E-state index contributed by atoms with van der Waals surface area (Å²) >= 11 is 0. The molecule has 2 amide bonds. The highest BCUT2D eigenvalue weighted by atomic mass is 32.2. The van der Waals surface area contributed by atoms with Gasteiger partial charge in [0.2, 0.25) is 11.8 Å². The van der Waals surface area contributed by atoms with Crippen LogP contribution in [-0.2, 0) is 19.6 Å². The first-order chi connectivity index (χ1) is 11.2. The first kappa shape index (κ1) is 17.9. The van der Waals surface area contributed by atoms with Crippen LogP contribution in [0.15, 0.2) is 34.2 Å². The summed E-state index contributed by atoms with van der Waals surface area (Å²) in [5.41, 5.74) is 0.426. The number of benzene rings is 1. The molecule has 8 nitrogen and oxygen atoms in total. The molecule has 2 rings (SSSR count). The van der Waals surface area contributed by atoms with E-state index in [9.17, 15) is 18.0 Å². The van der Waals surface area contributed by atoms with Gasteiger partial charge in [-0.3, -0.25) is 19.3 Å². The van der Waals surface area contributed by atoms with Gasteiger partial charge in [-0.2, -0.15) is 0 Å². The van der Waals surface area contributed by atoms with Gasteiger partial charge in [-0.1, -0.05) is 12.1 Å². The lowest BCUT2D eigenvalue weighted by Crippen LogP contribution is -2.42. The molecule has 0 radical (unpaired) electrons. The fraction of sp³-hybridized carbons (Fsp3) is 0.400. The van der Waals surface area contributed by atoms with Gasteiger partial charge in [0.15, 0.2) is 0 Å². The standard InChI is InChI=1S/C15H20N4O4S/c1-9(2)17-13(20)8-16-15(21)10(3)18-14-11-6-4-5-7-12(11)24(22,23)19-14/h4-7,9-10H,8H2,1-3H3,(H,16,21)(H,17,20)(H,18,19)/t10-/m0/s1.